The number of hydrogen-bond donors (Lipinski definition) is 1. The van der Waals surface area contributed by atoms with Crippen molar-refractivity contribution in [2.45, 2.75) is 38.7 Å². The predicted molar refractivity (Wildman–Crippen MR) is 69.9 cm³/mol. The smallest absolute Gasteiger partial charge is 0.337 e. The molecule has 2 rings (SSSR count). The molecule has 7 heteroatoms. The Morgan fingerprint density at radius 1 is 1.50 bits per heavy atom. The first-order valence-corrected chi connectivity index (χ1v) is 6.53. The topological polar surface area (TPSA) is 103 Å². The molecule has 1 saturated carbocycles. The molecule has 0 aliphatic heterocycles. The van der Waals surface area contributed by atoms with E-state index in [4.69, 9.17) is 9.84 Å². The molecule has 7 nitrogen and oxygen atoms in total. The summed E-state index contributed by atoms with van der Waals surface area (Å²) in [5.74, 6) is -1.04. The molecule has 0 bridgehead atoms. The van der Waals surface area contributed by atoms with E-state index in [1.165, 1.54) is 0 Å². The number of aromatic carboxylic acids is 1. The monoisotopic (exact) mass is 280 g/mol. The SMILES string of the molecule is CC1CCCCC1Oc1ncc(C(=O)O)cc1[N+](=O)[O-]. The van der Waals surface area contributed by atoms with Gasteiger partial charge in [-0.25, -0.2) is 9.78 Å². The highest BCUT2D eigenvalue weighted by molar-refractivity contribution is 5.88. The first-order valence-electron chi connectivity index (χ1n) is 6.53. The van der Waals surface area contributed by atoms with Crippen LogP contribution >= 0.6 is 0 Å². The lowest BCUT2D eigenvalue weighted by Gasteiger charge is -2.28. The van der Waals surface area contributed by atoms with Crippen molar-refractivity contribution in [3.05, 3.63) is 27.9 Å². The van der Waals surface area contributed by atoms with Crippen LogP contribution in [0.25, 0.3) is 0 Å². The van der Waals surface area contributed by atoms with Crippen LogP contribution in [-0.2, 0) is 0 Å². The third-order valence-electron chi connectivity index (χ3n) is 3.57. The number of carboxylic acid groups (broad SMARTS) is 1. The lowest BCUT2D eigenvalue weighted by Crippen LogP contribution is -2.28. The second kappa shape index (κ2) is 5.85. The van der Waals surface area contributed by atoms with Crippen molar-refractivity contribution in [1.29, 1.82) is 0 Å². The molecule has 20 heavy (non-hydrogen) atoms. The van der Waals surface area contributed by atoms with Gasteiger partial charge in [0.15, 0.2) is 0 Å². The molecule has 108 valence electrons. The van der Waals surface area contributed by atoms with Gasteiger partial charge in [0.05, 0.1) is 10.5 Å². The molecule has 1 fully saturated rings. The van der Waals surface area contributed by atoms with E-state index in [2.05, 4.69) is 4.98 Å². The van der Waals surface area contributed by atoms with Gasteiger partial charge in [-0.05, 0) is 25.2 Å². The fraction of sp³-hybridized carbons (Fsp3) is 0.538. The van der Waals surface area contributed by atoms with Crippen LogP contribution in [0, 0.1) is 16.0 Å². The zero-order valence-corrected chi connectivity index (χ0v) is 11.1. The zero-order valence-electron chi connectivity index (χ0n) is 11.1. The molecule has 1 N–H and O–H groups in total. The van der Waals surface area contributed by atoms with E-state index in [-0.39, 0.29) is 17.5 Å². The standard InChI is InChI=1S/C13H16N2O5/c1-8-4-2-3-5-11(8)20-12-10(15(18)19)6-9(7-14-12)13(16)17/h6-8,11H,2-5H2,1H3,(H,16,17). The summed E-state index contributed by atoms with van der Waals surface area (Å²) in [5, 5.41) is 19.9. The molecule has 0 spiro atoms. The number of pyridine rings is 1. The summed E-state index contributed by atoms with van der Waals surface area (Å²) in [5.41, 5.74) is -0.622. The summed E-state index contributed by atoms with van der Waals surface area (Å²) in [6, 6.07) is 0.984. The Labute approximate surface area is 115 Å². The molecule has 1 aliphatic carbocycles. The van der Waals surface area contributed by atoms with Crippen LogP contribution in [0.2, 0.25) is 0 Å². The van der Waals surface area contributed by atoms with Crippen LogP contribution in [0.3, 0.4) is 0 Å². The number of nitrogens with zero attached hydrogens (tertiary/aromatic N) is 2. The molecule has 1 aliphatic rings. The van der Waals surface area contributed by atoms with Crippen LogP contribution in [0.5, 0.6) is 5.88 Å². The van der Waals surface area contributed by atoms with Crippen LogP contribution < -0.4 is 4.74 Å². The second-order valence-corrected chi connectivity index (χ2v) is 5.03. The minimum Gasteiger partial charge on any atom is -0.478 e. The van der Waals surface area contributed by atoms with Gasteiger partial charge >= 0.3 is 11.7 Å². The summed E-state index contributed by atoms with van der Waals surface area (Å²) in [7, 11) is 0. The Kier molecular flexibility index (Phi) is 4.16. The van der Waals surface area contributed by atoms with Gasteiger partial charge in [-0.3, -0.25) is 10.1 Å². The number of nitro groups is 1. The number of carbonyl (C=O) groups is 1. The van der Waals surface area contributed by atoms with Crippen molar-refractivity contribution in [1.82, 2.24) is 4.98 Å². The van der Waals surface area contributed by atoms with Crippen molar-refractivity contribution in [3.8, 4) is 5.88 Å². The molecule has 0 saturated heterocycles. The predicted octanol–water partition coefficient (Wildman–Crippen LogP) is 2.65. The maximum absolute atomic E-state index is 11.0. The number of aromatic nitrogens is 1. The zero-order chi connectivity index (χ0) is 14.7. The van der Waals surface area contributed by atoms with E-state index in [1.807, 2.05) is 6.92 Å². The lowest BCUT2D eigenvalue weighted by molar-refractivity contribution is -0.386. The van der Waals surface area contributed by atoms with E-state index >= 15 is 0 Å². The maximum atomic E-state index is 11.0. The molecule has 0 aromatic carbocycles. The maximum Gasteiger partial charge on any atom is 0.337 e. The van der Waals surface area contributed by atoms with Gasteiger partial charge in [0.2, 0.25) is 0 Å². The highest BCUT2D eigenvalue weighted by atomic mass is 16.6. The largest absolute Gasteiger partial charge is 0.478 e. The molecule has 1 aromatic rings. The van der Waals surface area contributed by atoms with E-state index in [0.717, 1.165) is 37.9 Å². The molecular weight excluding hydrogens is 264 g/mol. The molecule has 1 heterocycles. The van der Waals surface area contributed by atoms with Gasteiger partial charge in [0.1, 0.15) is 6.10 Å². The third kappa shape index (κ3) is 3.04. The van der Waals surface area contributed by atoms with Crippen LogP contribution in [-0.4, -0.2) is 27.1 Å². The van der Waals surface area contributed by atoms with Crippen molar-refractivity contribution >= 4 is 11.7 Å². The lowest BCUT2D eigenvalue weighted by atomic mass is 9.88. The number of carboxylic acids is 1. The molecule has 2 unspecified atom stereocenters. The summed E-state index contributed by atoms with van der Waals surface area (Å²) in [6.45, 7) is 2.04. The van der Waals surface area contributed by atoms with Crippen LogP contribution in [0.1, 0.15) is 43.0 Å². The summed E-state index contributed by atoms with van der Waals surface area (Å²) in [6.07, 6.45) is 4.99. The van der Waals surface area contributed by atoms with Gasteiger partial charge in [-0.15, -0.1) is 0 Å². The van der Waals surface area contributed by atoms with E-state index < -0.39 is 16.6 Å². The first-order chi connectivity index (χ1) is 9.49. The summed E-state index contributed by atoms with van der Waals surface area (Å²) < 4.78 is 5.65. The van der Waals surface area contributed by atoms with E-state index in [9.17, 15) is 14.9 Å². The average Bonchev–Trinajstić information content (AvgIpc) is 2.41. The Hall–Kier alpha value is -2.18. The fourth-order valence-corrected chi connectivity index (χ4v) is 2.38. The average molecular weight is 280 g/mol. The summed E-state index contributed by atoms with van der Waals surface area (Å²) in [4.78, 5) is 25.0. The van der Waals surface area contributed by atoms with Gasteiger partial charge in [-0.2, -0.15) is 0 Å². The minimum absolute atomic E-state index is 0.0984. The van der Waals surface area contributed by atoms with Crippen molar-refractivity contribution in [3.63, 3.8) is 0 Å². The van der Waals surface area contributed by atoms with Gasteiger partial charge in [-0.1, -0.05) is 13.3 Å². The Morgan fingerprint density at radius 2 is 2.20 bits per heavy atom. The third-order valence-corrected chi connectivity index (χ3v) is 3.57. The normalized spacial score (nSPS) is 22.2. The molecule has 2 atom stereocenters. The number of ether oxygens (including phenoxy) is 1. The van der Waals surface area contributed by atoms with Gasteiger partial charge in [0.25, 0.3) is 5.88 Å². The van der Waals surface area contributed by atoms with E-state index in [1.54, 1.807) is 0 Å². The number of hydrogen-bond acceptors (Lipinski definition) is 5. The molecular formula is C13H16N2O5. The van der Waals surface area contributed by atoms with Crippen LogP contribution in [0.4, 0.5) is 5.69 Å². The van der Waals surface area contributed by atoms with Crippen molar-refractivity contribution in [2.75, 3.05) is 0 Å². The Balaban J connectivity index is 2.26. The van der Waals surface area contributed by atoms with Crippen molar-refractivity contribution in [2.24, 2.45) is 5.92 Å². The van der Waals surface area contributed by atoms with Gasteiger partial charge in [0, 0.05) is 12.3 Å². The fourth-order valence-electron chi connectivity index (χ4n) is 2.38. The second-order valence-electron chi connectivity index (χ2n) is 5.03. The molecule has 1 aromatic heterocycles. The quantitative estimate of drug-likeness (QED) is 0.671. The Bertz CT molecular complexity index is 531. The summed E-state index contributed by atoms with van der Waals surface area (Å²) >= 11 is 0. The first kappa shape index (κ1) is 14.2. The van der Waals surface area contributed by atoms with Gasteiger partial charge < -0.3 is 9.84 Å². The number of rotatable bonds is 4. The highest BCUT2D eigenvalue weighted by Gasteiger charge is 2.27. The van der Waals surface area contributed by atoms with Crippen molar-refractivity contribution < 1.29 is 19.6 Å². The van der Waals surface area contributed by atoms with E-state index in [0.29, 0.717) is 5.92 Å². The highest BCUT2D eigenvalue weighted by Crippen LogP contribution is 2.31. The Morgan fingerprint density at radius 3 is 2.80 bits per heavy atom. The van der Waals surface area contributed by atoms with Crippen LogP contribution in [0.15, 0.2) is 12.3 Å². The molecule has 0 radical (unpaired) electrons. The minimum atomic E-state index is -1.25. The molecule has 0 amide bonds.